The Morgan fingerprint density at radius 2 is 1.50 bits per heavy atom. The van der Waals surface area contributed by atoms with E-state index in [1.165, 1.54) is 6.92 Å². The largest absolute Gasteiger partial charge is 0.394 e. The van der Waals surface area contributed by atoms with E-state index in [9.17, 15) is 30.6 Å². The highest BCUT2D eigenvalue weighted by molar-refractivity contribution is 4.95. The predicted octanol–water partition coefficient (Wildman–Crippen LogP) is -2.66. The first-order valence-corrected chi connectivity index (χ1v) is 8.16. The Hall–Kier alpha value is -0.360. The van der Waals surface area contributed by atoms with Gasteiger partial charge in [-0.25, -0.2) is 0 Å². The lowest BCUT2D eigenvalue weighted by atomic mass is 9.89. The minimum absolute atomic E-state index is 0.0989. The van der Waals surface area contributed by atoms with E-state index in [-0.39, 0.29) is 5.92 Å². The number of aliphatic hydroxyl groups excluding tert-OH is 6. The SMILES string of the molecule is CC(C)C1OC(CO)C(OC2OC(C)C(O)C(O)C2O)C(O)C1O. The molecule has 10 unspecified atom stereocenters. The van der Waals surface area contributed by atoms with Gasteiger partial charge in [0, 0.05) is 0 Å². The second-order valence-electron chi connectivity index (χ2n) is 6.83. The van der Waals surface area contributed by atoms with E-state index >= 15 is 0 Å². The topological polar surface area (TPSA) is 149 Å². The van der Waals surface area contributed by atoms with Crippen LogP contribution in [0.15, 0.2) is 0 Å². The second kappa shape index (κ2) is 7.90. The molecule has 9 heteroatoms. The van der Waals surface area contributed by atoms with Crippen LogP contribution in [0.2, 0.25) is 0 Å². The number of aliphatic hydroxyl groups is 6. The molecule has 0 amide bonds. The Morgan fingerprint density at radius 3 is 2.04 bits per heavy atom. The number of rotatable bonds is 4. The van der Waals surface area contributed by atoms with Crippen molar-refractivity contribution < 1.29 is 44.8 Å². The van der Waals surface area contributed by atoms with Gasteiger partial charge in [0.2, 0.25) is 0 Å². The van der Waals surface area contributed by atoms with E-state index in [1.807, 2.05) is 13.8 Å². The Balaban J connectivity index is 2.12. The Bertz CT molecular complexity index is 404. The van der Waals surface area contributed by atoms with Crippen molar-refractivity contribution in [2.24, 2.45) is 5.92 Å². The molecule has 24 heavy (non-hydrogen) atoms. The van der Waals surface area contributed by atoms with Crippen molar-refractivity contribution in [1.29, 1.82) is 0 Å². The molecule has 0 radical (unpaired) electrons. The fourth-order valence-electron chi connectivity index (χ4n) is 3.12. The highest BCUT2D eigenvalue weighted by Gasteiger charge is 2.50. The van der Waals surface area contributed by atoms with Gasteiger partial charge in [-0.1, -0.05) is 13.8 Å². The van der Waals surface area contributed by atoms with Crippen LogP contribution >= 0.6 is 0 Å². The van der Waals surface area contributed by atoms with Crippen molar-refractivity contribution in [3.63, 3.8) is 0 Å². The molecule has 2 rings (SSSR count). The van der Waals surface area contributed by atoms with Crippen molar-refractivity contribution in [1.82, 2.24) is 0 Å². The first-order chi connectivity index (χ1) is 11.2. The lowest BCUT2D eigenvalue weighted by Gasteiger charge is -2.46. The number of ether oxygens (including phenoxy) is 3. The van der Waals surface area contributed by atoms with Crippen molar-refractivity contribution in [2.45, 2.75) is 82.0 Å². The van der Waals surface area contributed by atoms with E-state index in [4.69, 9.17) is 14.2 Å². The van der Waals surface area contributed by atoms with E-state index in [0.29, 0.717) is 0 Å². The second-order valence-corrected chi connectivity index (χ2v) is 6.83. The molecule has 10 atom stereocenters. The van der Waals surface area contributed by atoms with E-state index < -0.39 is 67.8 Å². The molecule has 2 heterocycles. The van der Waals surface area contributed by atoms with E-state index in [0.717, 1.165) is 0 Å². The third-order valence-corrected chi connectivity index (χ3v) is 4.66. The molecule has 0 aromatic rings. The van der Waals surface area contributed by atoms with Crippen LogP contribution in [0.25, 0.3) is 0 Å². The Labute approximate surface area is 140 Å². The first kappa shape index (κ1) is 20.0. The van der Waals surface area contributed by atoms with Gasteiger partial charge in [-0.3, -0.25) is 0 Å². The molecule has 2 fully saturated rings. The highest BCUT2D eigenvalue weighted by atomic mass is 16.7. The maximum atomic E-state index is 10.3. The van der Waals surface area contributed by atoms with Crippen molar-refractivity contribution >= 4 is 0 Å². The highest BCUT2D eigenvalue weighted by Crippen LogP contribution is 2.31. The van der Waals surface area contributed by atoms with Gasteiger partial charge in [-0.2, -0.15) is 0 Å². The molecule has 142 valence electrons. The van der Waals surface area contributed by atoms with Gasteiger partial charge < -0.3 is 44.8 Å². The molecule has 0 spiro atoms. The van der Waals surface area contributed by atoms with Crippen LogP contribution in [0.1, 0.15) is 20.8 Å². The summed E-state index contributed by atoms with van der Waals surface area (Å²) in [4.78, 5) is 0. The third-order valence-electron chi connectivity index (χ3n) is 4.66. The minimum atomic E-state index is -1.55. The molecule has 0 bridgehead atoms. The molecule has 2 aliphatic rings. The Morgan fingerprint density at radius 1 is 0.875 bits per heavy atom. The summed E-state index contributed by atoms with van der Waals surface area (Å²) >= 11 is 0. The van der Waals surface area contributed by atoms with Gasteiger partial charge in [0.05, 0.1) is 18.8 Å². The molecule has 0 aliphatic carbocycles. The lowest BCUT2D eigenvalue weighted by molar-refractivity contribution is -0.339. The van der Waals surface area contributed by atoms with Crippen LogP contribution in [-0.4, -0.2) is 98.5 Å². The van der Waals surface area contributed by atoms with Gasteiger partial charge in [0.1, 0.15) is 42.7 Å². The summed E-state index contributed by atoms with van der Waals surface area (Å²) < 4.78 is 16.4. The van der Waals surface area contributed by atoms with Crippen molar-refractivity contribution in [2.75, 3.05) is 6.61 Å². The van der Waals surface area contributed by atoms with E-state index in [2.05, 4.69) is 0 Å². The average Bonchev–Trinajstić information content (AvgIpc) is 2.54. The summed E-state index contributed by atoms with van der Waals surface area (Å²) in [7, 11) is 0. The summed E-state index contributed by atoms with van der Waals surface area (Å²) in [5.74, 6) is -0.0989. The van der Waals surface area contributed by atoms with Gasteiger partial charge in [0.25, 0.3) is 0 Å². The van der Waals surface area contributed by atoms with Gasteiger partial charge >= 0.3 is 0 Å². The lowest BCUT2D eigenvalue weighted by Crippen LogP contribution is -2.64. The summed E-state index contributed by atoms with van der Waals surface area (Å²) in [5.41, 5.74) is 0. The van der Waals surface area contributed by atoms with Crippen LogP contribution in [-0.2, 0) is 14.2 Å². The van der Waals surface area contributed by atoms with Crippen molar-refractivity contribution in [3.8, 4) is 0 Å². The van der Waals surface area contributed by atoms with Crippen LogP contribution in [0, 0.1) is 5.92 Å². The van der Waals surface area contributed by atoms with Crippen molar-refractivity contribution in [3.05, 3.63) is 0 Å². The third kappa shape index (κ3) is 3.74. The summed E-state index contributed by atoms with van der Waals surface area (Å²) in [6, 6.07) is 0. The van der Waals surface area contributed by atoms with E-state index in [1.54, 1.807) is 0 Å². The fourth-order valence-corrected chi connectivity index (χ4v) is 3.12. The summed E-state index contributed by atoms with van der Waals surface area (Å²) in [5, 5.41) is 59.6. The zero-order valence-electron chi connectivity index (χ0n) is 14.0. The smallest absolute Gasteiger partial charge is 0.187 e. The molecular formula is C15H28O9. The zero-order chi connectivity index (χ0) is 18.2. The molecule has 2 aliphatic heterocycles. The maximum Gasteiger partial charge on any atom is 0.187 e. The molecule has 0 saturated carbocycles. The fraction of sp³-hybridized carbons (Fsp3) is 1.00. The molecular weight excluding hydrogens is 324 g/mol. The average molecular weight is 352 g/mol. The van der Waals surface area contributed by atoms with Gasteiger partial charge in [0.15, 0.2) is 6.29 Å². The molecule has 2 saturated heterocycles. The normalized spacial score (nSPS) is 50.2. The number of hydrogen-bond donors (Lipinski definition) is 6. The summed E-state index contributed by atoms with van der Waals surface area (Å²) in [6.07, 6.45) is -11.9. The molecule has 6 N–H and O–H groups in total. The van der Waals surface area contributed by atoms with Gasteiger partial charge in [-0.05, 0) is 12.8 Å². The monoisotopic (exact) mass is 352 g/mol. The first-order valence-electron chi connectivity index (χ1n) is 8.16. The Kier molecular flexibility index (Phi) is 6.57. The standard InChI is InChI=1S/C15H28O9/c1-5(2)13-10(19)11(20)14(7(4-16)23-13)24-15-12(21)9(18)8(17)6(3)22-15/h5-21H,4H2,1-3H3. The maximum absolute atomic E-state index is 10.3. The molecule has 9 nitrogen and oxygen atoms in total. The van der Waals surface area contributed by atoms with Gasteiger partial charge in [-0.15, -0.1) is 0 Å². The number of hydrogen-bond acceptors (Lipinski definition) is 9. The molecule has 0 aromatic carbocycles. The van der Waals surface area contributed by atoms with Crippen LogP contribution in [0.3, 0.4) is 0 Å². The predicted molar refractivity (Wildman–Crippen MR) is 79.8 cm³/mol. The summed E-state index contributed by atoms with van der Waals surface area (Å²) in [6.45, 7) is 4.64. The zero-order valence-corrected chi connectivity index (χ0v) is 14.0. The minimum Gasteiger partial charge on any atom is -0.394 e. The quantitative estimate of drug-likeness (QED) is 0.319. The van der Waals surface area contributed by atoms with Crippen LogP contribution in [0.4, 0.5) is 0 Å². The molecule has 0 aromatic heterocycles. The van der Waals surface area contributed by atoms with Crippen LogP contribution in [0.5, 0.6) is 0 Å². The van der Waals surface area contributed by atoms with Crippen LogP contribution < -0.4 is 0 Å².